The van der Waals surface area contributed by atoms with Crippen LogP contribution in [0.5, 0.6) is 0 Å². The van der Waals surface area contributed by atoms with Gasteiger partial charge >= 0.3 is 0 Å². The number of aliphatic imine (C=N–C) groups is 1. The predicted octanol–water partition coefficient (Wildman–Crippen LogP) is 3.88. The Hall–Kier alpha value is -4.28. The van der Waals surface area contributed by atoms with Crippen LogP contribution in [0.15, 0.2) is 82.4 Å². The number of aryl methyl sites for hydroxylation is 1. The number of ether oxygens (including phenoxy) is 2. The largest absolute Gasteiger partial charge is 0.479 e. The molecular formula is C33H40N4O6. The fraction of sp³-hybridized carbons (Fsp3) is 0.394. The number of nitrogens with two attached hydrogens (primary N) is 1. The summed E-state index contributed by atoms with van der Waals surface area (Å²) >= 11 is 0. The average Bonchev–Trinajstić information content (AvgIpc) is 3.74. The molecule has 0 spiro atoms. The molecule has 1 aromatic heterocycles. The Morgan fingerprint density at radius 1 is 1.12 bits per heavy atom. The number of hydrogen-bond acceptors (Lipinski definition) is 7. The van der Waals surface area contributed by atoms with Gasteiger partial charge in [0.1, 0.15) is 17.8 Å². The van der Waals surface area contributed by atoms with Gasteiger partial charge in [-0.25, -0.2) is 0 Å². The maximum Gasteiger partial charge on any atom is 0.248 e. The van der Waals surface area contributed by atoms with Gasteiger partial charge in [0.15, 0.2) is 0 Å². The maximum absolute atomic E-state index is 13.9. The minimum absolute atomic E-state index is 0.195. The molecule has 3 N–H and O–H groups in total. The predicted molar refractivity (Wildman–Crippen MR) is 163 cm³/mol. The van der Waals surface area contributed by atoms with Crippen molar-refractivity contribution in [1.82, 2.24) is 10.2 Å². The van der Waals surface area contributed by atoms with Crippen molar-refractivity contribution in [1.29, 1.82) is 0 Å². The number of hydrogen-bond donors (Lipinski definition) is 2. The van der Waals surface area contributed by atoms with Crippen molar-refractivity contribution < 1.29 is 28.3 Å². The Balaban J connectivity index is 1.39. The van der Waals surface area contributed by atoms with E-state index in [1.807, 2.05) is 60.7 Å². The van der Waals surface area contributed by atoms with Crippen molar-refractivity contribution in [3.63, 3.8) is 0 Å². The van der Waals surface area contributed by atoms with E-state index in [1.165, 1.54) is 0 Å². The van der Waals surface area contributed by atoms with E-state index in [9.17, 15) is 14.4 Å². The van der Waals surface area contributed by atoms with Crippen LogP contribution in [-0.4, -0.2) is 66.4 Å². The lowest BCUT2D eigenvalue weighted by atomic mass is 10.1. The van der Waals surface area contributed by atoms with Crippen LogP contribution >= 0.6 is 0 Å². The van der Waals surface area contributed by atoms with Crippen LogP contribution in [0.3, 0.4) is 0 Å². The van der Waals surface area contributed by atoms with Gasteiger partial charge in [0.2, 0.25) is 24.1 Å². The molecule has 43 heavy (non-hydrogen) atoms. The summed E-state index contributed by atoms with van der Waals surface area (Å²) in [6.45, 7) is 4.32. The fourth-order valence-electron chi connectivity index (χ4n) is 5.08. The molecule has 0 bridgehead atoms. The number of amides is 3. The normalized spacial score (nSPS) is 17.2. The Kier molecular flexibility index (Phi) is 11.6. The van der Waals surface area contributed by atoms with Crippen molar-refractivity contribution >= 4 is 24.1 Å². The summed E-state index contributed by atoms with van der Waals surface area (Å²) < 4.78 is 17.5. The van der Waals surface area contributed by atoms with Gasteiger partial charge in [-0.3, -0.25) is 14.4 Å². The van der Waals surface area contributed by atoms with E-state index in [4.69, 9.17) is 19.6 Å². The highest BCUT2D eigenvalue weighted by atomic mass is 16.5. The Morgan fingerprint density at radius 2 is 1.91 bits per heavy atom. The summed E-state index contributed by atoms with van der Waals surface area (Å²) in [5.74, 6) is 0.201. The van der Waals surface area contributed by atoms with Gasteiger partial charge < -0.3 is 29.8 Å². The Morgan fingerprint density at radius 3 is 2.63 bits per heavy atom. The van der Waals surface area contributed by atoms with Gasteiger partial charge in [-0.1, -0.05) is 48.5 Å². The molecule has 1 saturated heterocycles. The van der Waals surface area contributed by atoms with Crippen LogP contribution in [0.25, 0.3) is 11.3 Å². The van der Waals surface area contributed by atoms with Crippen LogP contribution in [-0.2, 0) is 36.9 Å². The van der Waals surface area contributed by atoms with Gasteiger partial charge in [0, 0.05) is 12.1 Å². The number of carbonyl (C=O) groups is 3. The third-order valence-electron chi connectivity index (χ3n) is 7.40. The Bertz CT molecular complexity index is 1360. The summed E-state index contributed by atoms with van der Waals surface area (Å²) in [6, 6.07) is 19.1. The Labute approximate surface area is 252 Å². The lowest BCUT2D eigenvalue weighted by Gasteiger charge is -2.32. The van der Waals surface area contributed by atoms with Gasteiger partial charge in [0.25, 0.3) is 0 Å². The van der Waals surface area contributed by atoms with E-state index < -0.39 is 30.1 Å². The average molecular weight is 589 g/mol. The van der Waals surface area contributed by atoms with E-state index in [0.29, 0.717) is 38.8 Å². The quantitative estimate of drug-likeness (QED) is 0.126. The number of nitrogens with one attached hydrogen (secondary N) is 1. The highest BCUT2D eigenvalue weighted by Gasteiger charge is 2.40. The summed E-state index contributed by atoms with van der Waals surface area (Å²) in [5.41, 5.74) is 8.87. The molecule has 3 aromatic rings. The summed E-state index contributed by atoms with van der Waals surface area (Å²) in [4.78, 5) is 43.5. The molecule has 10 nitrogen and oxygen atoms in total. The zero-order valence-corrected chi connectivity index (χ0v) is 24.7. The third-order valence-corrected chi connectivity index (χ3v) is 7.40. The van der Waals surface area contributed by atoms with Gasteiger partial charge in [-0.15, -0.1) is 0 Å². The molecule has 1 aliphatic rings. The standard InChI is InChI=1S/C33H40N4O6/c1-23(34)31(39)36-30(24(2)43-21-26-10-4-3-5-11-26)33(40)37-17-7-15-28(37)32(35-22-38)42-19-8-13-25-12-6-14-27(20-25)29-16-9-18-41-29/h3-6,9-12,14,16,18,20,22-24,28,30H,7-8,13,15,17,19,21,34H2,1-2H3,(H,36,39)/b35-32-. The first-order valence-electron chi connectivity index (χ1n) is 14.7. The summed E-state index contributed by atoms with van der Waals surface area (Å²) in [5, 5.41) is 2.77. The molecule has 2 heterocycles. The zero-order valence-electron chi connectivity index (χ0n) is 24.7. The highest BCUT2D eigenvalue weighted by Crippen LogP contribution is 2.23. The van der Waals surface area contributed by atoms with Crippen molar-refractivity contribution in [3.8, 4) is 11.3 Å². The number of benzene rings is 2. The lowest BCUT2D eigenvalue weighted by molar-refractivity contribution is -0.141. The SMILES string of the molecule is CC(N)C(=O)NC(C(=O)N1CCCC1/C(=N/C=O)OCCCc1cccc(-c2ccco2)c1)C(C)OCc1ccccc1. The lowest BCUT2D eigenvalue weighted by Crippen LogP contribution is -2.58. The smallest absolute Gasteiger partial charge is 0.248 e. The molecule has 4 rings (SSSR count). The second-order valence-corrected chi connectivity index (χ2v) is 10.7. The molecule has 1 fully saturated rings. The second-order valence-electron chi connectivity index (χ2n) is 10.7. The number of rotatable bonds is 14. The summed E-state index contributed by atoms with van der Waals surface area (Å²) in [6.07, 6.45) is 4.13. The van der Waals surface area contributed by atoms with Crippen molar-refractivity contribution in [3.05, 3.63) is 84.1 Å². The van der Waals surface area contributed by atoms with Crippen LogP contribution in [0, 0.1) is 0 Å². The van der Waals surface area contributed by atoms with Gasteiger partial charge in [0.05, 0.1) is 31.6 Å². The highest BCUT2D eigenvalue weighted by molar-refractivity contribution is 5.95. The van der Waals surface area contributed by atoms with Crippen molar-refractivity contribution in [2.45, 2.75) is 70.4 Å². The molecule has 3 amide bonds. The second kappa shape index (κ2) is 15.8. The van der Waals surface area contributed by atoms with E-state index in [1.54, 1.807) is 25.0 Å². The summed E-state index contributed by atoms with van der Waals surface area (Å²) in [7, 11) is 0. The molecule has 0 aliphatic carbocycles. The molecule has 10 heteroatoms. The molecule has 4 unspecified atom stereocenters. The molecule has 228 valence electrons. The number of nitrogens with zero attached hydrogens (tertiary/aromatic N) is 2. The first kappa shape index (κ1) is 31.7. The molecule has 0 saturated carbocycles. The topological polar surface area (TPSA) is 136 Å². The van der Waals surface area contributed by atoms with Gasteiger partial charge in [-0.05, 0) is 68.9 Å². The number of carbonyl (C=O) groups excluding carboxylic acids is 3. The van der Waals surface area contributed by atoms with Crippen LogP contribution in [0.1, 0.15) is 44.2 Å². The van der Waals surface area contributed by atoms with E-state index in [0.717, 1.165) is 28.9 Å². The molecular weight excluding hydrogens is 548 g/mol. The minimum atomic E-state index is -0.985. The molecule has 0 radical (unpaired) electrons. The van der Waals surface area contributed by atoms with E-state index in [-0.39, 0.29) is 18.4 Å². The monoisotopic (exact) mass is 588 g/mol. The van der Waals surface area contributed by atoms with Crippen molar-refractivity contribution in [2.75, 3.05) is 13.2 Å². The van der Waals surface area contributed by atoms with Crippen molar-refractivity contribution in [2.24, 2.45) is 10.7 Å². The van der Waals surface area contributed by atoms with Crippen LogP contribution in [0.2, 0.25) is 0 Å². The number of likely N-dealkylation sites (tertiary alicyclic amines) is 1. The molecule has 4 atom stereocenters. The first-order chi connectivity index (χ1) is 20.9. The zero-order chi connectivity index (χ0) is 30.6. The third kappa shape index (κ3) is 8.86. The van der Waals surface area contributed by atoms with Gasteiger partial charge in [-0.2, -0.15) is 4.99 Å². The molecule has 1 aliphatic heterocycles. The number of furan rings is 1. The first-order valence-corrected chi connectivity index (χ1v) is 14.7. The van der Waals surface area contributed by atoms with E-state index in [2.05, 4.69) is 16.4 Å². The molecule has 2 aromatic carbocycles. The maximum atomic E-state index is 13.9. The fourth-order valence-corrected chi connectivity index (χ4v) is 5.08. The van der Waals surface area contributed by atoms with E-state index >= 15 is 0 Å². The van der Waals surface area contributed by atoms with Crippen LogP contribution in [0.4, 0.5) is 0 Å². The van der Waals surface area contributed by atoms with Crippen LogP contribution < -0.4 is 11.1 Å². The minimum Gasteiger partial charge on any atom is -0.479 e.